The smallest absolute Gasteiger partial charge is 0.139 e. The Kier molecular flexibility index (Phi) is 4.27. The summed E-state index contributed by atoms with van der Waals surface area (Å²) in [5.41, 5.74) is 8.25. The summed E-state index contributed by atoms with van der Waals surface area (Å²) in [6.45, 7) is 1.88. The second kappa shape index (κ2) is 5.60. The van der Waals surface area contributed by atoms with Crippen molar-refractivity contribution in [2.24, 2.45) is 12.8 Å². The van der Waals surface area contributed by atoms with Gasteiger partial charge >= 0.3 is 0 Å². The molecule has 0 saturated heterocycles. The first-order valence-electron chi connectivity index (χ1n) is 5.46. The number of aryl methyl sites for hydroxylation is 2. The van der Waals surface area contributed by atoms with E-state index in [1.807, 2.05) is 32.2 Å². The molecule has 0 spiro atoms. The van der Waals surface area contributed by atoms with Crippen LogP contribution in [-0.2, 0) is 7.05 Å². The molecule has 0 atom stereocenters. The van der Waals surface area contributed by atoms with Gasteiger partial charge in [0.05, 0.1) is 16.9 Å². The number of nitrogens with one attached hydrogen (secondary N) is 1. The number of aromatic nitrogens is 2. The van der Waals surface area contributed by atoms with E-state index in [-0.39, 0.29) is 0 Å². The third kappa shape index (κ3) is 2.82. The van der Waals surface area contributed by atoms with Crippen molar-refractivity contribution in [2.75, 3.05) is 5.32 Å². The van der Waals surface area contributed by atoms with Crippen LogP contribution in [0, 0.1) is 6.92 Å². The van der Waals surface area contributed by atoms with Crippen LogP contribution in [0.4, 0.5) is 11.5 Å². The number of rotatable bonds is 3. The van der Waals surface area contributed by atoms with Gasteiger partial charge in [-0.25, -0.2) is 0 Å². The topological polar surface area (TPSA) is 55.9 Å². The van der Waals surface area contributed by atoms with Gasteiger partial charge in [0, 0.05) is 16.0 Å². The molecule has 0 amide bonds. The molecule has 19 heavy (non-hydrogen) atoms. The summed E-state index contributed by atoms with van der Waals surface area (Å²) < 4.78 is 3.61. The van der Waals surface area contributed by atoms with Crippen LogP contribution in [-0.4, -0.2) is 14.8 Å². The fraction of sp³-hybridized carbons (Fsp3) is 0.167. The van der Waals surface area contributed by atoms with E-state index in [1.54, 1.807) is 4.68 Å². The predicted octanol–water partition coefficient (Wildman–Crippen LogP) is 3.63. The number of thiocarbonyl (C=S) groups is 1. The molecule has 0 aliphatic heterocycles. The molecular formula is C12H12Br2N4S. The molecule has 0 fully saturated rings. The zero-order valence-corrected chi connectivity index (χ0v) is 14.4. The van der Waals surface area contributed by atoms with Gasteiger partial charge in [0.25, 0.3) is 0 Å². The molecular weight excluding hydrogens is 392 g/mol. The van der Waals surface area contributed by atoms with Crippen molar-refractivity contribution < 1.29 is 0 Å². The first-order valence-corrected chi connectivity index (χ1v) is 7.45. The third-order valence-electron chi connectivity index (χ3n) is 2.67. The number of benzene rings is 1. The number of hydrogen-bond donors (Lipinski definition) is 2. The van der Waals surface area contributed by atoms with Gasteiger partial charge in [-0.05, 0) is 50.9 Å². The SMILES string of the molecule is Cc1nn(C)c(Nc2c(Br)cccc2Br)c1C(N)=S. The Hall–Kier alpha value is -0.920. The molecule has 2 aromatic rings. The molecule has 2 rings (SSSR count). The second-order valence-corrected chi connectivity index (χ2v) is 6.17. The number of nitrogens with zero attached hydrogens (tertiary/aromatic N) is 2. The highest BCUT2D eigenvalue weighted by Crippen LogP contribution is 2.34. The highest BCUT2D eigenvalue weighted by molar-refractivity contribution is 9.11. The standard InChI is InChI=1S/C12H12Br2N4S/c1-6-9(11(15)19)12(18(2)17-6)16-10-7(13)4-3-5-8(10)14/h3-5,16H,1-2H3,(H2,15,19). The second-order valence-electron chi connectivity index (χ2n) is 4.02. The monoisotopic (exact) mass is 402 g/mol. The Morgan fingerprint density at radius 1 is 1.37 bits per heavy atom. The molecule has 100 valence electrons. The van der Waals surface area contributed by atoms with Crippen LogP contribution >= 0.6 is 44.1 Å². The summed E-state index contributed by atoms with van der Waals surface area (Å²) in [6.07, 6.45) is 0. The van der Waals surface area contributed by atoms with Crippen molar-refractivity contribution in [3.05, 3.63) is 38.4 Å². The number of hydrogen-bond acceptors (Lipinski definition) is 3. The zero-order valence-electron chi connectivity index (χ0n) is 10.4. The van der Waals surface area contributed by atoms with E-state index in [9.17, 15) is 0 Å². The summed E-state index contributed by atoms with van der Waals surface area (Å²) in [7, 11) is 1.85. The van der Waals surface area contributed by atoms with E-state index in [0.29, 0.717) is 4.99 Å². The summed E-state index contributed by atoms with van der Waals surface area (Å²) in [5, 5.41) is 7.66. The maximum Gasteiger partial charge on any atom is 0.139 e. The molecule has 0 radical (unpaired) electrons. The van der Waals surface area contributed by atoms with Crippen molar-refractivity contribution in [1.29, 1.82) is 0 Å². The molecule has 1 aromatic carbocycles. The van der Waals surface area contributed by atoms with Crippen LogP contribution in [0.3, 0.4) is 0 Å². The first kappa shape index (κ1) is 14.5. The van der Waals surface area contributed by atoms with Gasteiger partial charge in [-0.2, -0.15) is 5.10 Å². The molecule has 0 unspecified atom stereocenters. The van der Waals surface area contributed by atoms with Crippen LogP contribution < -0.4 is 11.1 Å². The number of halogens is 2. The normalized spacial score (nSPS) is 10.5. The van der Waals surface area contributed by atoms with Gasteiger partial charge in [0.2, 0.25) is 0 Å². The number of para-hydroxylation sites is 1. The van der Waals surface area contributed by atoms with Gasteiger partial charge in [-0.15, -0.1) is 0 Å². The Bertz CT molecular complexity index is 631. The lowest BCUT2D eigenvalue weighted by atomic mass is 10.2. The van der Waals surface area contributed by atoms with Crippen LogP contribution in [0.5, 0.6) is 0 Å². The predicted molar refractivity (Wildman–Crippen MR) is 89.0 cm³/mol. The Labute approximate surface area is 133 Å². The molecule has 1 aromatic heterocycles. The average molecular weight is 404 g/mol. The van der Waals surface area contributed by atoms with E-state index < -0.39 is 0 Å². The Morgan fingerprint density at radius 2 is 1.95 bits per heavy atom. The van der Waals surface area contributed by atoms with Crippen molar-refractivity contribution in [1.82, 2.24) is 9.78 Å². The lowest BCUT2D eigenvalue weighted by Crippen LogP contribution is -2.13. The molecule has 3 N–H and O–H groups in total. The quantitative estimate of drug-likeness (QED) is 0.768. The summed E-state index contributed by atoms with van der Waals surface area (Å²) >= 11 is 12.1. The minimum Gasteiger partial charge on any atom is -0.389 e. The molecule has 7 heteroatoms. The molecule has 4 nitrogen and oxygen atoms in total. The fourth-order valence-electron chi connectivity index (χ4n) is 1.83. The molecule has 0 aliphatic rings. The maximum absolute atomic E-state index is 5.77. The van der Waals surface area contributed by atoms with Crippen LogP contribution in [0.2, 0.25) is 0 Å². The van der Waals surface area contributed by atoms with E-state index in [1.165, 1.54) is 0 Å². The molecule has 1 heterocycles. The lowest BCUT2D eigenvalue weighted by Gasteiger charge is -2.12. The van der Waals surface area contributed by atoms with Crippen molar-refractivity contribution >= 4 is 60.6 Å². The van der Waals surface area contributed by atoms with Gasteiger partial charge in [0.1, 0.15) is 10.8 Å². The third-order valence-corrected chi connectivity index (χ3v) is 4.20. The fourth-order valence-corrected chi connectivity index (χ4v) is 3.27. The van der Waals surface area contributed by atoms with Crippen molar-refractivity contribution in [2.45, 2.75) is 6.92 Å². The minimum atomic E-state index is 0.330. The van der Waals surface area contributed by atoms with Crippen LogP contribution in [0.15, 0.2) is 27.1 Å². The highest BCUT2D eigenvalue weighted by Gasteiger charge is 2.17. The van der Waals surface area contributed by atoms with Crippen molar-refractivity contribution in [3.8, 4) is 0 Å². The molecule has 0 aliphatic carbocycles. The summed E-state index contributed by atoms with van der Waals surface area (Å²) in [4.78, 5) is 0.330. The van der Waals surface area contributed by atoms with E-state index in [2.05, 4.69) is 42.3 Å². The Balaban J connectivity index is 2.53. The average Bonchev–Trinajstić information content (AvgIpc) is 2.58. The number of nitrogens with two attached hydrogens (primary N) is 1. The minimum absolute atomic E-state index is 0.330. The van der Waals surface area contributed by atoms with Gasteiger partial charge in [0.15, 0.2) is 0 Å². The maximum atomic E-state index is 5.77. The van der Waals surface area contributed by atoms with E-state index in [0.717, 1.165) is 31.7 Å². The summed E-state index contributed by atoms with van der Waals surface area (Å²) in [5.74, 6) is 0.776. The zero-order chi connectivity index (χ0) is 14.2. The van der Waals surface area contributed by atoms with Crippen LogP contribution in [0.25, 0.3) is 0 Å². The van der Waals surface area contributed by atoms with E-state index >= 15 is 0 Å². The van der Waals surface area contributed by atoms with Gasteiger partial charge in [-0.1, -0.05) is 18.3 Å². The van der Waals surface area contributed by atoms with Gasteiger partial charge in [-0.3, -0.25) is 4.68 Å². The Morgan fingerprint density at radius 3 is 2.47 bits per heavy atom. The largest absolute Gasteiger partial charge is 0.389 e. The lowest BCUT2D eigenvalue weighted by molar-refractivity contribution is 0.765. The molecule has 0 bridgehead atoms. The van der Waals surface area contributed by atoms with E-state index in [4.69, 9.17) is 18.0 Å². The van der Waals surface area contributed by atoms with Crippen molar-refractivity contribution in [3.63, 3.8) is 0 Å². The summed E-state index contributed by atoms with van der Waals surface area (Å²) in [6, 6.07) is 5.86. The first-order chi connectivity index (χ1) is 8.91. The van der Waals surface area contributed by atoms with Gasteiger partial charge < -0.3 is 11.1 Å². The highest BCUT2D eigenvalue weighted by atomic mass is 79.9. The number of anilines is 2. The molecule has 0 saturated carbocycles. The van der Waals surface area contributed by atoms with Crippen LogP contribution in [0.1, 0.15) is 11.3 Å².